The van der Waals surface area contributed by atoms with Crippen molar-refractivity contribution in [3.63, 3.8) is 0 Å². The van der Waals surface area contributed by atoms with Crippen molar-refractivity contribution in [2.24, 2.45) is 5.10 Å². The summed E-state index contributed by atoms with van der Waals surface area (Å²) in [4.78, 5) is 11.7. The molecule has 126 valence electrons. The molecular formula is C18H20N2O4. The number of rotatable bonds is 7. The Morgan fingerprint density at radius 2 is 1.88 bits per heavy atom. The van der Waals surface area contributed by atoms with Crippen LogP contribution >= 0.6 is 0 Å². The quantitative estimate of drug-likeness (QED) is 0.626. The Morgan fingerprint density at radius 3 is 2.54 bits per heavy atom. The first-order chi connectivity index (χ1) is 11.6. The molecule has 0 saturated heterocycles. The van der Waals surface area contributed by atoms with E-state index in [4.69, 9.17) is 14.2 Å². The van der Waals surface area contributed by atoms with Gasteiger partial charge in [0.05, 0.1) is 20.4 Å². The summed E-state index contributed by atoms with van der Waals surface area (Å²) in [5.74, 6) is 1.42. The molecule has 0 saturated carbocycles. The van der Waals surface area contributed by atoms with E-state index in [2.05, 4.69) is 10.5 Å². The van der Waals surface area contributed by atoms with Gasteiger partial charge in [-0.3, -0.25) is 4.79 Å². The molecule has 0 bridgehead atoms. The number of benzene rings is 2. The largest absolute Gasteiger partial charge is 0.493 e. The zero-order valence-corrected chi connectivity index (χ0v) is 13.9. The highest BCUT2D eigenvalue weighted by atomic mass is 16.5. The van der Waals surface area contributed by atoms with E-state index < -0.39 is 0 Å². The molecule has 6 heteroatoms. The molecule has 0 aliphatic rings. The lowest BCUT2D eigenvalue weighted by Gasteiger charge is -2.09. The second-order valence-corrected chi connectivity index (χ2v) is 4.98. The van der Waals surface area contributed by atoms with Crippen molar-refractivity contribution in [2.45, 2.75) is 6.92 Å². The molecule has 0 aliphatic carbocycles. The predicted octanol–water partition coefficient (Wildman–Crippen LogP) is 2.54. The highest BCUT2D eigenvalue weighted by Gasteiger charge is 2.07. The van der Waals surface area contributed by atoms with Gasteiger partial charge in [-0.1, -0.05) is 23.8 Å². The van der Waals surface area contributed by atoms with Gasteiger partial charge in [-0.05, 0) is 31.2 Å². The van der Waals surface area contributed by atoms with Crippen molar-refractivity contribution in [1.82, 2.24) is 5.43 Å². The van der Waals surface area contributed by atoms with E-state index in [1.165, 1.54) is 6.21 Å². The highest BCUT2D eigenvalue weighted by molar-refractivity contribution is 5.86. The zero-order valence-electron chi connectivity index (χ0n) is 13.9. The normalized spacial score (nSPS) is 10.5. The fourth-order valence-corrected chi connectivity index (χ4v) is 2.00. The number of para-hydroxylation sites is 1. The summed E-state index contributed by atoms with van der Waals surface area (Å²) < 4.78 is 15.9. The number of aryl methyl sites for hydroxylation is 1. The SMILES string of the molecule is COc1cccc(/C=N/NC(=O)COc2ccc(C)cc2)c1OC. The van der Waals surface area contributed by atoms with Crippen LogP contribution in [0.5, 0.6) is 17.2 Å². The van der Waals surface area contributed by atoms with Gasteiger partial charge in [-0.25, -0.2) is 5.43 Å². The van der Waals surface area contributed by atoms with Crippen molar-refractivity contribution in [3.8, 4) is 17.2 Å². The van der Waals surface area contributed by atoms with Crippen LogP contribution < -0.4 is 19.6 Å². The predicted molar refractivity (Wildman–Crippen MR) is 92.0 cm³/mol. The van der Waals surface area contributed by atoms with Crippen LogP contribution in [0.1, 0.15) is 11.1 Å². The topological polar surface area (TPSA) is 69.2 Å². The Balaban J connectivity index is 1.89. The van der Waals surface area contributed by atoms with E-state index in [1.54, 1.807) is 26.4 Å². The van der Waals surface area contributed by atoms with Gasteiger partial charge in [0.2, 0.25) is 0 Å². The fraction of sp³-hybridized carbons (Fsp3) is 0.222. The number of ether oxygens (including phenoxy) is 3. The average Bonchev–Trinajstić information content (AvgIpc) is 2.61. The first kappa shape index (κ1) is 17.3. The third kappa shape index (κ3) is 4.74. The highest BCUT2D eigenvalue weighted by Crippen LogP contribution is 2.29. The van der Waals surface area contributed by atoms with Gasteiger partial charge in [0.25, 0.3) is 5.91 Å². The lowest BCUT2D eigenvalue weighted by atomic mass is 10.2. The van der Waals surface area contributed by atoms with E-state index in [0.717, 1.165) is 5.56 Å². The lowest BCUT2D eigenvalue weighted by molar-refractivity contribution is -0.123. The summed E-state index contributed by atoms with van der Waals surface area (Å²) in [6.45, 7) is 1.87. The number of carbonyl (C=O) groups is 1. The molecule has 0 atom stereocenters. The first-order valence-corrected chi connectivity index (χ1v) is 7.36. The van der Waals surface area contributed by atoms with Gasteiger partial charge in [-0.2, -0.15) is 5.10 Å². The molecule has 1 N–H and O–H groups in total. The van der Waals surface area contributed by atoms with Crippen molar-refractivity contribution >= 4 is 12.1 Å². The van der Waals surface area contributed by atoms with E-state index in [0.29, 0.717) is 22.8 Å². The summed E-state index contributed by atoms with van der Waals surface area (Å²) >= 11 is 0. The van der Waals surface area contributed by atoms with Crippen LogP contribution in [0, 0.1) is 6.92 Å². The molecular weight excluding hydrogens is 308 g/mol. The summed E-state index contributed by atoms with van der Waals surface area (Å²) in [6, 6.07) is 12.9. The smallest absolute Gasteiger partial charge is 0.277 e. The van der Waals surface area contributed by atoms with Crippen molar-refractivity contribution < 1.29 is 19.0 Å². The number of hydrogen-bond donors (Lipinski definition) is 1. The molecule has 0 aliphatic heterocycles. The molecule has 2 aromatic rings. The minimum Gasteiger partial charge on any atom is -0.493 e. The number of nitrogens with one attached hydrogen (secondary N) is 1. The Hall–Kier alpha value is -3.02. The van der Waals surface area contributed by atoms with Crippen molar-refractivity contribution in [1.29, 1.82) is 0 Å². The maximum absolute atomic E-state index is 11.7. The van der Waals surface area contributed by atoms with E-state index in [-0.39, 0.29) is 12.5 Å². The Labute approximate surface area is 141 Å². The van der Waals surface area contributed by atoms with Crippen LogP contribution in [0.25, 0.3) is 0 Å². The van der Waals surface area contributed by atoms with Crippen molar-refractivity contribution in [3.05, 3.63) is 53.6 Å². The van der Waals surface area contributed by atoms with E-state index in [1.807, 2.05) is 37.3 Å². The van der Waals surface area contributed by atoms with Crippen LogP contribution in [0.15, 0.2) is 47.6 Å². The van der Waals surface area contributed by atoms with Gasteiger partial charge in [0, 0.05) is 5.56 Å². The number of hydrogen-bond acceptors (Lipinski definition) is 5. The third-order valence-corrected chi connectivity index (χ3v) is 3.22. The van der Waals surface area contributed by atoms with Crippen LogP contribution in [-0.4, -0.2) is 32.9 Å². The lowest BCUT2D eigenvalue weighted by Crippen LogP contribution is -2.24. The number of carbonyl (C=O) groups excluding carboxylic acids is 1. The third-order valence-electron chi connectivity index (χ3n) is 3.22. The molecule has 0 aromatic heterocycles. The molecule has 24 heavy (non-hydrogen) atoms. The van der Waals surface area contributed by atoms with Gasteiger partial charge in [-0.15, -0.1) is 0 Å². The Kier molecular flexibility index (Phi) is 6.19. The second-order valence-electron chi connectivity index (χ2n) is 4.98. The molecule has 0 unspecified atom stereocenters. The van der Waals surface area contributed by atoms with Gasteiger partial charge in [0.15, 0.2) is 18.1 Å². The van der Waals surface area contributed by atoms with Gasteiger partial charge in [0.1, 0.15) is 5.75 Å². The molecule has 2 aromatic carbocycles. The summed E-state index contributed by atoms with van der Waals surface area (Å²) in [7, 11) is 3.10. The minimum absolute atomic E-state index is 0.115. The van der Waals surface area contributed by atoms with E-state index in [9.17, 15) is 4.79 Å². The molecule has 0 spiro atoms. The number of amides is 1. The monoisotopic (exact) mass is 328 g/mol. The number of nitrogens with zero attached hydrogens (tertiary/aromatic N) is 1. The molecule has 6 nitrogen and oxygen atoms in total. The summed E-state index contributed by atoms with van der Waals surface area (Å²) in [5, 5.41) is 3.91. The van der Waals surface area contributed by atoms with Gasteiger partial charge < -0.3 is 14.2 Å². The van der Waals surface area contributed by atoms with Crippen LogP contribution in [0.2, 0.25) is 0 Å². The molecule has 2 rings (SSSR count). The van der Waals surface area contributed by atoms with Crippen LogP contribution in [0.4, 0.5) is 0 Å². The molecule has 0 heterocycles. The van der Waals surface area contributed by atoms with E-state index >= 15 is 0 Å². The molecule has 0 fully saturated rings. The molecule has 1 amide bonds. The maximum Gasteiger partial charge on any atom is 0.277 e. The number of methoxy groups -OCH3 is 2. The maximum atomic E-state index is 11.7. The second kappa shape index (κ2) is 8.57. The van der Waals surface area contributed by atoms with Crippen LogP contribution in [-0.2, 0) is 4.79 Å². The minimum atomic E-state index is -0.353. The Morgan fingerprint density at radius 1 is 1.12 bits per heavy atom. The summed E-state index contributed by atoms with van der Waals surface area (Å²) in [6.07, 6.45) is 1.49. The van der Waals surface area contributed by atoms with Gasteiger partial charge >= 0.3 is 0 Å². The summed E-state index contributed by atoms with van der Waals surface area (Å²) in [5.41, 5.74) is 4.23. The molecule has 0 radical (unpaired) electrons. The van der Waals surface area contributed by atoms with Crippen molar-refractivity contribution in [2.75, 3.05) is 20.8 Å². The van der Waals surface area contributed by atoms with Crippen LogP contribution in [0.3, 0.4) is 0 Å². The zero-order chi connectivity index (χ0) is 17.4. The number of hydrazone groups is 1. The standard InChI is InChI=1S/C18H20N2O4/c1-13-7-9-15(10-8-13)24-12-17(21)20-19-11-14-5-4-6-16(22-2)18(14)23-3/h4-11H,12H2,1-3H3,(H,20,21)/b19-11+. The first-order valence-electron chi connectivity index (χ1n) is 7.36. The Bertz CT molecular complexity index is 711. The fourth-order valence-electron chi connectivity index (χ4n) is 2.00. The average molecular weight is 328 g/mol.